The molecular weight excluding hydrogens is 246 g/mol. The van der Waals surface area contributed by atoms with Crippen LogP contribution in [-0.4, -0.2) is 11.5 Å². The topological polar surface area (TPSA) is 50.9 Å². The Morgan fingerprint density at radius 3 is 2.80 bits per heavy atom. The van der Waals surface area contributed by atoms with Gasteiger partial charge in [-0.1, -0.05) is 0 Å². The highest BCUT2D eigenvalue weighted by atomic mass is 14.9. The zero-order chi connectivity index (χ0) is 13.7. The molecule has 3 heteroatoms. The van der Waals surface area contributed by atoms with E-state index in [0.717, 1.165) is 29.2 Å². The molecule has 1 heterocycles. The van der Waals surface area contributed by atoms with Crippen LogP contribution in [0.5, 0.6) is 0 Å². The summed E-state index contributed by atoms with van der Waals surface area (Å²) in [6, 6.07) is 6.23. The van der Waals surface area contributed by atoms with Crippen LogP contribution in [0.15, 0.2) is 24.4 Å². The molecule has 4 rings (SSSR count). The predicted molar refractivity (Wildman–Crippen MR) is 83.8 cm³/mol. The number of nitrogens with one attached hydrogen (secondary N) is 1. The number of rotatable bonds is 4. The van der Waals surface area contributed by atoms with Gasteiger partial charge < -0.3 is 11.1 Å². The maximum Gasteiger partial charge on any atom is 0.0422 e. The van der Waals surface area contributed by atoms with E-state index in [-0.39, 0.29) is 0 Å². The van der Waals surface area contributed by atoms with Crippen molar-refractivity contribution in [2.24, 2.45) is 11.3 Å². The van der Waals surface area contributed by atoms with Gasteiger partial charge in [0.05, 0.1) is 0 Å². The zero-order valence-electron chi connectivity index (χ0n) is 11.9. The van der Waals surface area contributed by atoms with Gasteiger partial charge in [-0.15, -0.1) is 0 Å². The number of nitrogens with zero attached hydrogens (tertiary/aromatic N) is 1. The third-order valence-corrected chi connectivity index (χ3v) is 5.04. The first-order valence-corrected chi connectivity index (χ1v) is 7.57. The van der Waals surface area contributed by atoms with Gasteiger partial charge in [0.2, 0.25) is 0 Å². The number of anilines is 2. The highest BCUT2D eigenvalue weighted by Crippen LogP contribution is 2.61. The van der Waals surface area contributed by atoms with E-state index in [2.05, 4.69) is 22.4 Å². The number of aromatic nitrogens is 1. The molecule has 2 saturated carbocycles. The molecule has 0 radical (unpaired) electrons. The number of nitrogen functional groups attached to an aromatic ring is 1. The van der Waals surface area contributed by atoms with E-state index in [4.69, 9.17) is 5.73 Å². The Bertz CT molecular complexity index is 669. The number of benzene rings is 1. The number of nitrogens with two attached hydrogens (primary N) is 1. The van der Waals surface area contributed by atoms with Crippen LogP contribution in [0.4, 0.5) is 11.4 Å². The molecule has 0 atom stereocenters. The summed E-state index contributed by atoms with van der Waals surface area (Å²) in [6.07, 6.45) is 7.57. The maximum absolute atomic E-state index is 6.06. The summed E-state index contributed by atoms with van der Waals surface area (Å²) in [5.41, 5.74) is 9.71. The Balaban J connectivity index is 1.65. The fourth-order valence-electron chi connectivity index (χ4n) is 3.38. The van der Waals surface area contributed by atoms with Gasteiger partial charge in [-0.3, -0.25) is 4.98 Å². The Kier molecular flexibility index (Phi) is 2.47. The third kappa shape index (κ3) is 1.92. The van der Waals surface area contributed by atoms with Crippen LogP contribution in [-0.2, 0) is 0 Å². The van der Waals surface area contributed by atoms with Gasteiger partial charge in [-0.2, -0.15) is 0 Å². The lowest BCUT2D eigenvalue weighted by Gasteiger charge is -2.18. The number of fused-ring (bicyclic) bond motifs is 1. The Morgan fingerprint density at radius 2 is 2.10 bits per heavy atom. The van der Waals surface area contributed by atoms with E-state index in [0.29, 0.717) is 5.41 Å². The molecule has 1 aromatic heterocycles. The smallest absolute Gasteiger partial charge is 0.0422 e. The van der Waals surface area contributed by atoms with Crippen molar-refractivity contribution in [3.05, 3.63) is 30.1 Å². The van der Waals surface area contributed by atoms with E-state index < -0.39 is 0 Å². The minimum absolute atomic E-state index is 0.607. The van der Waals surface area contributed by atoms with Crippen LogP contribution in [0.3, 0.4) is 0 Å². The molecule has 2 fully saturated rings. The van der Waals surface area contributed by atoms with Crippen LogP contribution < -0.4 is 11.1 Å². The molecule has 1 aromatic carbocycles. The van der Waals surface area contributed by atoms with Crippen molar-refractivity contribution in [2.75, 3.05) is 17.6 Å². The summed E-state index contributed by atoms with van der Waals surface area (Å²) in [4.78, 5) is 4.36. The van der Waals surface area contributed by atoms with Gasteiger partial charge in [0.15, 0.2) is 0 Å². The van der Waals surface area contributed by atoms with Crippen molar-refractivity contribution in [3.8, 4) is 0 Å². The molecule has 0 saturated heterocycles. The maximum atomic E-state index is 6.06. The summed E-state index contributed by atoms with van der Waals surface area (Å²) in [5.74, 6) is 0.985. The Hall–Kier alpha value is -1.77. The molecule has 0 bridgehead atoms. The Morgan fingerprint density at radius 1 is 1.30 bits per heavy atom. The number of hydrogen-bond acceptors (Lipinski definition) is 3. The molecular formula is C17H21N3. The van der Waals surface area contributed by atoms with Crippen molar-refractivity contribution in [1.29, 1.82) is 0 Å². The number of pyridine rings is 1. The van der Waals surface area contributed by atoms with Crippen molar-refractivity contribution < 1.29 is 0 Å². The molecule has 104 valence electrons. The summed E-state index contributed by atoms with van der Waals surface area (Å²) in [6.45, 7) is 3.14. The molecule has 2 aliphatic rings. The zero-order valence-corrected chi connectivity index (χ0v) is 11.9. The van der Waals surface area contributed by atoms with Crippen molar-refractivity contribution >= 4 is 22.1 Å². The highest BCUT2D eigenvalue weighted by Gasteiger charge is 2.53. The van der Waals surface area contributed by atoms with Crippen molar-refractivity contribution in [2.45, 2.75) is 32.6 Å². The van der Waals surface area contributed by atoms with Gasteiger partial charge in [0.1, 0.15) is 0 Å². The summed E-state index contributed by atoms with van der Waals surface area (Å²) in [7, 11) is 0. The largest absolute Gasteiger partial charge is 0.398 e. The quantitative estimate of drug-likeness (QED) is 0.830. The second-order valence-corrected chi connectivity index (χ2v) is 6.56. The molecule has 0 unspecified atom stereocenters. The Labute approximate surface area is 119 Å². The average molecular weight is 267 g/mol. The third-order valence-electron chi connectivity index (χ3n) is 5.04. The molecule has 3 N–H and O–H groups in total. The van der Waals surface area contributed by atoms with E-state index in [1.165, 1.54) is 36.8 Å². The second kappa shape index (κ2) is 4.11. The van der Waals surface area contributed by atoms with Crippen LogP contribution in [0.25, 0.3) is 10.8 Å². The molecule has 2 aromatic rings. The standard InChI is InChI=1S/C17H21N3/c1-11-8-13-14(9-19-11)15(18)4-5-16(13)20-10-17(6-7-17)12-2-3-12/h4-5,8-9,12,20H,2-3,6-7,10,18H2,1H3. The van der Waals surface area contributed by atoms with Crippen LogP contribution in [0.2, 0.25) is 0 Å². The summed E-state index contributed by atoms with van der Waals surface area (Å²) >= 11 is 0. The molecule has 0 amide bonds. The first-order chi connectivity index (χ1) is 9.68. The lowest BCUT2D eigenvalue weighted by Crippen LogP contribution is -2.17. The van der Waals surface area contributed by atoms with Crippen LogP contribution in [0, 0.1) is 18.3 Å². The second-order valence-electron chi connectivity index (χ2n) is 6.56. The van der Waals surface area contributed by atoms with E-state index in [1.54, 1.807) is 0 Å². The number of aryl methyl sites for hydroxylation is 1. The minimum atomic E-state index is 0.607. The van der Waals surface area contributed by atoms with Gasteiger partial charge in [0, 0.05) is 40.6 Å². The lowest BCUT2D eigenvalue weighted by molar-refractivity contribution is 0.467. The average Bonchev–Trinajstić information content (AvgIpc) is 3.30. The molecule has 2 aliphatic carbocycles. The van der Waals surface area contributed by atoms with Gasteiger partial charge in [-0.05, 0) is 62.1 Å². The van der Waals surface area contributed by atoms with Crippen LogP contribution in [0.1, 0.15) is 31.4 Å². The first kappa shape index (κ1) is 12.0. The molecule has 0 spiro atoms. The first-order valence-electron chi connectivity index (χ1n) is 7.57. The molecule has 20 heavy (non-hydrogen) atoms. The monoisotopic (exact) mass is 267 g/mol. The van der Waals surface area contributed by atoms with E-state index in [9.17, 15) is 0 Å². The summed E-state index contributed by atoms with van der Waals surface area (Å²) in [5, 5.41) is 5.93. The highest BCUT2D eigenvalue weighted by molar-refractivity contribution is 6.00. The SMILES string of the molecule is Cc1cc2c(NCC3(C4CC4)CC3)ccc(N)c2cn1. The van der Waals surface area contributed by atoms with E-state index >= 15 is 0 Å². The fourth-order valence-corrected chi connectivity index (χ4v) is 3.38. The minimum Gasteiger partial charge on any atom is -0.398 e. The summed E-state index contributed by atoms with van der Waals surface area (Å²) < 4.78 is 0. The predicted octanol–water partition coefficient (Wildman–Crippen LogP) is 3.73. The van der Waals surface area contributed by atoms with Crippen molar-refractivity contribution in [1.82, 2.24) is 4.98 Å². The van der Waals surface area contributed by atoms with Gasteiger partial charge in [0.25, 0.3) is 0 Å². The molecule has 0 aliphatic heterocycles. The molecule has 3 nitrogen and oxygen atoms in total. The number of hydrogen-bond donors (Lipinski definition) is 2. The normalized spacial score (nSPS) is 20.1. The van der Waals surface area contributed by atoms with Crippen molar-refractivity contribution in [3.63, 3.8) is 0 Å². The van der Waals surface area contributed by atoms with Gasteiger partial charge in [-0.25, -0.2) is 0 Å². The van der Waals surface area contributed by atoms with Gasteiger partial charge >= 0.3 is 0 Å². The van der Waals surface area contributed by atoms with Crippen LogP contribution >= 0.6 is 0 Å². The lowest BCUT2D eigenvalue weighted by atomic mass is 10.00. The fraction of sp³-hybridized carbons (Fsp3) is 0.471. The van der Waals surface area contributed by atoms with E-state index in [1.807, 2.05) is 19.2 Å².